The van der Waals surface area contributed by atoms with Crippen LogP contribution in [0.2, 0.25) is 0 Å². The number of amides is 1. The van der Waals surface area contributed by atoms with Crippen LogP contribution < -0.4 is 15.5 Å². The number of anilines is 1. The molecule has 0 radical (unpaired) electrons. The maximum absolute atomic E-state index is 12.4. The molecule has 0 aromatic heterocycles. The number of carbonyl (C=O) groups excluding carboxylic acids is 3. The van der Waals surface area contributed by atoms with Crippen molar-refractivity contribution in [2.75, 3.05) is 24.2 Å². The highest BCUT2D eigenvalue weighted by Gasteiger charge is 2.26. The van der Waals surface area contributed by atoms with Crippen LogP contribution in [0, 0.1) is 0 Å². The van der Waals surface area contributed by atoms with Gasteiger partial charge in [-0.05, 0) is 37.1 Å². The van der Waals surface area contributed by atoms with Crippen molar-refractivity contribution in [1.29, 1.82) is 0 Å². The normalized spacial score (nSPS) is 16.0. The van der Waals surface area contributed by atoms with Crippen LogP contribution >= 0.6 is 11.8 Å². The van der Waals surface area contributed by atoms with Gasteiger partial charge in [-0.3, -0.25) is 4.79 Å². The number of benzene rings is 1. The predicted molar refractivity (Wildman–Crippen MR) is 93.9 cm³/mol. The van der Waals surface area contributed by atoms with Gasteiger partial charge in [0.2, 0.25) is 15.9 Å². The monoisotopic (exact) mass is 414 g/mol. The van der Waals surface area contributed by atoms with E-state index in [2.05, 4.69) is 5.32 Å². The van der Waals surface area contributed by atoms with Crippen molar-refractivity contribution < 1.29 is 33.0 Å². The Bertz CT molecular complexity index is 803. The number of rotatable bonds is 9. The Kier molecular flexibility index (Phi) is 7.22. The summed E-state index contributed by atoms with van der Waals surface area (Å²) in [7, 11) is -3.54. The summed E-state index contributed by atoms with van der Waals surface area (Å²) in [6.45, 7) is 0.979. The molecule has 2 rings (SSSR count). The molecule has 11 heteroatoms. The van der Waals surface area contributed by atoms with Gasteiger partial charge >= 0.3 is 0 Å². The first-order chi connectivity index (χ1) is 12.7. The fourth-order valence-electron chi connectivity index (χ4n) is 2.52. The Morgan fingerprint density at radius 1 is 1.11 bits per heavy atom. The molecule has 1 amide bonds. The van der Waals surface area contributed by atoms with Crippen LogP contribution in [-0.4, -0.2) is 54.7 Å². The Balaban J connectivity index is 1.92. The lowest BCUT2D eigenvalue weighted by Crippen LogP contribution is -2.39. The van der Waals surface area contributed by atoms with E-state index >= 15 is 0 Å². The Morgan fingerprint density at radius 3 is 2.22 bits per heavy atom. The van der Waals surface area contributed by atoms with E-state index < -0.39 is 39.5 Å². The predicted octanol–water partition coefficient (Wildman–Crippen LogP) is -1.60. The van der Waals surface area contributed by atoms with Crippen LogP contribution in [0.1, 0.15) is 19.3 Å². The SMILES string of the molecule is O=C([O-])C[C@@H](SCC(=O)Nc1ccc(S(=O)(=O)N2CCCC2)cc1)C(=O)[O-]. The minimum Gasteiger partial charge on any atom is -0.550 e. The second kappa shape index (κ2) is 9.20. The lowest BCUT2D eigenvalue weighted by molar-refractivity contribution is -0.314. The maximum Gasteiger partial charge on any atom is 0.243 e. The molecule has 27 heavy (non-hydrogen) atoms. The third kappa shape index (κ3) is 5.94. The van der Waals surface area contributed by atoms with Gasteiger partial charge in [0, 0.05) is 31.2 Å². The van der Waals surface area contributed by atoms with Crippen LogP contribution in [0.4, 0.5) is 5.69 Å². The van der Waals surface area contributed by atoms with Gasteiger partial charge in [0.15, 0.2) is 0 Å². The van der Waals surface area contributed by atoms with Gasteiger partial charge in [0.05, 0.1) is 21.9 Å². The zero-order valence-electron chi connectivity index (χ0n) is 14.3. The van der Waals surface area contributed by atoms with Crippen molar-refractivity contribution in [3.63, 3.8) is 0 Å². The molecule has 1 saturated heterocycles. The first-order valence-corrected chi connectivity index (χ1v) is 10.6. The standard InChI is InChI=1S/C16H20N2O7S2/c19-14(10-26-13(16(22)23)9-15(20)21)17-11-3-5-12(6-4-11)27(24,25)18-7-1-2-8-18/h3-6,13H,1-2,7-10H2,(H,17,19)(H,20,21)(H,22,23)/p-2/t13-/m1/s1. The van der Waals surface area contributed by atoms with Crippen molar-refractivity contribution in [3.8, 4) is 0 Å². The van der Waals surface area contributed by atoms with Crippen LogP contribution in [0.15, 0.2) is 29.2 Å². The molecule has 1 atom stereocenters. The molecule has 148 valence electrons. The Labute approximate surface area is 160 Å². The average molecular weight is 414 g/mol. The summed E-state index contributed by atoms with van der Waals surface area (Å²) in [6, 6.07) is 5.64. The number of hydrogen-bond acceptors (Lipinski definition) is 8. The van der Waals surface area contributed by atoms with Crippen molar-refractivity contribution in [1.82, 2.24) is 4.31 Å². The molecule has 0 bridgehead atoms. The topological polar surface area (TPSA) is 147 Å². The highest BCUT2D eigenvalue weighted by molar-refractivity contribution is 8.01. The van der Waals surface area contributed by atoms with Crippen LogP contribution in [0.3, 0.4) is 0 Å². The first-order valence-electron chi connectivity index (χ1n) is 8.12. The van der Waals surface area contributed by atoms with Crippen molar-refractivity contribution in [2.45, 2.75) is 29.4 Å². The molecule has 0 saturated carbocycles. The van der Waals surface area contributed by atoms with Crippen LogP contribution in [0.25, 0.3) is 0 Å². The molecular formula is C16H18N2O7S2-2. The average Bonchev–Trinajstić information content (AvgIpc) is 3.14. The number of sulfonamides is 1. The zero-order chi connectivity index (χ0) is 20.0. The van der Waals surface area contributed by atoms with Crippen molar-refractivity contribution >= 4 is 45.3 Å². The molecule has 9 nitrogen and oxygen atoms in total. The fraction of sp³-hybridized carbons (Fsp3) is 0.438. The number of carboxylic acids is 2. The second-order valence-electron chi connectivity index (χ2n) is 5.88. The van der Waals surface area contributed by atoms with Crippen molar-refractivity contribution in [3.05, 3.63) is 24.3 Å². The van der Waals surface area contributed by atoms with Gasteiger partial charge in [-0.1, -0.05) is 0 Å². The van der Waals surface area contributed by atoms with E-state index in [0.717, 1.165) is 12.8 Å². The lowest BCUT2D eigenvalue weighted by Gasteiger charge is -2.18. The number of hydrogen-bond donors (Lipinski definition) is 1. The van der Waals surface area contributed by atoms with E-state index in [4.69, 9.17) is 0 Å². The van der Waals surface area contributed by atoms with Gasteiger partial charge in [-0.2, -0.15) is 4.31 Å². The summed E-state index contributed by atoms with van der Waals surface area (Å²) in [5.41, 5.74) is 0.339. The third-order valence-corrected chi connectivity index (χ3v) is 6.97. The van der Waals surface area contributed by atoms with E-state index in [1.165, 1.54) is 28.6 Å². The fourth-order valence-corrected chi connectivity index (χ4v) is 4.85. The van der Waals surface area contributed by atoms with Gasteiger partial charge < -0.3 is 25.1 Å². The Morgan fingerprint density at radius 2 is 1.70 bits per heavy atom. The molecule has 1 aliphatic heterocycles. The first kappa shape index (κ1) is 21.2. The van der Waals surface area contributed by atoms with E-state index in [1.54, 1.807) is 0 Å². The largest absolute Gasteiger partial charge is 0.550 e. The van der Waals surface area contributed by atoms with Crippen molar-refractivity contribution in [2.24, 2.45) is 0 Å². The number of nitrogens with one attached hydrogen (secondary N) is 1. The number of thioether (sulfide) groups is 1. The van der Waals surface area contributed by atoms with E-state index in [0.29, 0.717) is 30.5 Å². The highest BCUT2D eigenvalue weighted by atomic mass is 32.2. The van der Waals surface area contributed by atoms with E-state index in [-0.39, 0.29) is 10.6 Å². The molecular weight excluding hydrogens is 396 g/mol. The smallest absolute Gasteiger partial charge is 0.243 e. The summed E-state index contributed by atoms with van der Waals surface area (Å²) < 4.78 is 26.2. The minimum absolute atomic E-state index is 0.128. The molecule has 1 heterocycles. The van der Waals surface area contributed by atoms with E-state index in [9.17, 15) is 33.0 Å². The van der Waals surface area contributed by atoms with Crippen LogP contribution in [0.5, 0.6) is 0 Å². The van der Waals surface area contributed by atoms with Gasteiger partial charge in [-0.25, -0.2) is 8.42 Å². The van der Waals surface area contributed by atoms with Crippen LogP contribution in [-0.2, 0) is 24.4 Å². The molecule has 1 aromatic carbocycles. The summed E-state index contributed by atoms with van der Waals surface area (Å²) >= 11 is 0.612. The minimum atomic E-state index is -3.54. The molecule has 1 aliphatic rings. The lowest BCUT2D eigenvalue weighted by atomic mass is 10.3. The highest BCUT2D eigenvalue weighted by Crippen LogP contribution is 2.22. The summed E-state index contributed by atoms with van der Waals surface area (Å²) in [6.07, 6.45) is 0.898. The summed E-state index contributed by atoms with van der Waals surface area (Å²) in [4.78, 5) is 33.3. The molecule has 1 aromatic rings. The zero-order valence-corrected chi connectivity index (χ0v) is 15.9. The Hall–Kier alpha value is -2.11. The molecule has 1 N–H and O–H groups in total. The summed E-state index contributed by atoms with van der Waals surface area (Å²) in [5, 5.41) is 22.4. The number of carboxylic acid groups (broad SMARTS) is 2. The number of nitrogens with zero attached hydrogens (tertiary/aromatic N) is 1. The molecule has 0 aliphatic carbocycles. The molecule has 0 unspecified atom stereocenters. The number of aliphatic carboxylic acids is 2. The molecule has 0 spiro atoms. The van der Waals surface area contributed by atoms with Gasteiger partial charge in [0.1, 0.15) is 0 Å². The second-order valence-corrected chi connectivity index (χ2v) is 9.01. The van der Waals surface area contributed by atoms with Gasteiger partial charge in [0.25, 0.3) is 0 Å². The quantitative estimate of drug-likeness (QED) is 0.508. The summed E-state index contributed by atoms with van der Waals surface area (Å²) in [5.74, 6) is -4.00. The molecule has 1 fully saturated rings. The van der Waals surface area contributed by atoms with Gasteiger partial charge in [-0.15, -0.1) is 11.8 Å². The number of carbonyl (C=O) groups is 3. The maximum atomic E-state index is 12.4. The third-order valence-electron chi connectivity index (χ3n) is 3.87. The van der Waals surface area contributed by atoms with E-state index in [1.807, 2.05) is 0 Å².